The quantitative estimate of drug-likeness (QED) is 0.0135. The number of H-pyrrole nitrogens is 1. The zero-order valence-electron chi connectivity index (χ0n) is 60.9. The van der Waals surface area contributed by atoms with Crippen molar-refractivity contribution in [3.63, 3.8) is 0 Å². The van der Waals surface area contributed by atoms with E-state index < -0.39 is 168 Å². The zero-order valence-corrected chi connectivity index (χ0v) is 60.9. The second kappa shape index (κ2) is 42.5. The summed E-state index contributed by atoms with van der Waals surface area (Å²) in [6.45, 7) is 1.28. The normalized spacial score (nSPS) is 23.5. The van der Waals surface area contributed by atoms with E-state index in [0.29, 0.717) is 49.8 Å². The van der Waals surface area contributed by atoms with E-state index in [1.807, 2.05) is 6.92 Å². The van der Waals surface area contributed by atoms with Gasteiger partial charge in [-0.1, -0.05) is 62.2 Å². The summed E-state index contributed by atoms with van der Waals surface area (Å²) in [4.78, 5) is 218. The highest BCUT2D eigenvalue weighted by atomic mass is 16.4. The number of guanidine groups is 2. The van der Waals surface area contributed by atoms with Crippen LogP contribution in [0.3, 0.4) is 0 Å². The van der Waals surface area contributed by atoms with Crippen LogP contribution in [0.5, 0.6) is 0 Å². The molecule has 5 aliphatic heterocycles. The lowest BCUT2D eigenvalue weighted by atomic mass is 10.0. The molecule has 0 spiro atoms. The monoisotopic (exact) mass is 1510 g/mol. The predicted octanol–water partition coefficient (Wildman–Crippen LogP) is -5.34. The molecule has 2 aromatic rings. The first-order valence-corrected chi connectivity index (χ1v) is 37.1. The Kier molecular flexibility index (Phi) is 33.3. The number of aliphatic hydroxyl groups excluding tert-OH is 1. The Bertz CT molecular complexity index is 3550. The van der Waals surface area contributed by atoms with Crippen LogP contribution in [0.1, 0.15) is 147 Å². The van der Waals surface area contributed by atoms with Crippen molar-refractivity contribution in [2.45, 2.75) is 227 Å². The molecular formula is C70H106N22O16. The molecule has 7 rings (SSSR count). The SMILES string of the molecule is CCCC[C@H](NC(=O)[C@@H]1CCCN1C(=O)[C@@H]1C/C=C\C[C@H](NC(=O)[C@H](CCCN=C(N)N)NC(=O)[C@@H]2CCCN2C(=O)[C@H](CCCN=C(N)N)NC(=O)[C@@H]2CCC(=O)N2)C(=O)N[C@@H](CO)C(=O)N[C@@H](Cc2cnc[nH]2)C(=O)N[C@@H](CCCCN)C(=O)N1)C(=O)N1CCC[C@H]1C(=O)N[C@@H](Cc1ccccc1)C(=O)O. The number of rotatable bonds is 34. The van der Waals surface area contributed by atoms with E-state index in [1.165, 1.54) is 39.4 Å². The molecule has 6 heterocycles. The van der Waals surface area contributed by atoms with E-state index in [-0.39, 0.29) is 153 Å². The average Bonchev–Trinajstić information content (AvgIpc) is 1.58. The number of likely N-dealkylation sites (tertiary alicyclic amines) is 3. The lowest BCUT2D eigenvalue weighted by Crippen LogP contribution is -2.61. The van der Waals surface area contributed by atoms with Crippen molar-refractivity contribution >= 4 is 94.7 Å². The van der Waals surface area contributed by atoms with Gasteiger partial charge in [-0.05, 0) is 121 Å². The van der Waals surface area contributed by atoms with Crippen molar-refractivity contribution in [1.82, 2.24) is 77.8 Å². The Balaban J connectivity index is 1.17. The van der Waals surface area contributed by atoms with E-state index in [2.05, 4.69) is 73.1 Å². The molecule has 108 heavy (non-hydrogen) atoms. The minimum Gasteiger partial charge on any atom is -0.480 e. The molecule has 23 N–H and O–H groups in total. The number of nitrogens with one attached hydrogen (secondary N) is 11. The maximum Gasteiger partial charge on any atom is 0.326 e. The van der Waals surface area contributed by atoms with Gasteiger partial charge in [0.2, 0.25) is 76.8 Å². The van der Waals surface area contributed by atoms with E-state index in [0.717, 1.165) is 0 Å². The van der Waals surface area contributed by atoms with Crippen molar-refractivity contribution in [3.05, 3.63) is 66.3 Å². The van der Waals surface area contributed by atoms with Crippen molar-refractivity contribution in [2.75, 3.05) is 45.9 Å². The summed E-state index contributed by atoms with van der Waals surface area (Å²) in [5, 5.41) is 47.5. The third kappa shape index (κ3) is 25.2. The number of aromatic amines is 1. The maximum absolute atomic E-state index is 15.3. The van der Waals surface area contributed by atoms with E-state index in [4.69, 9.17) is 28.7 Å². The molecule has 4 fully saturated rings. The second-order valence-electron chi connectivity index (χ2n) is 27.5. The number of aromatic nitrogens is 2. The number of nitrogens with zero attached hydrogens (tertiary/aromatic N) is 6. The van der Waals surface area contributed by atoms with Crippen molar-refractivity contribution in [2.24, 2.45) is 38.7 Å². The first-order valence-electron chi connectivity index (χ1n) is 37.1. The summed E-state index contributed by atoms with van der Waals surface area (Å²) in [7, 11) is 0. The van der Waals surface area contributed by atoms with Gasteiger partial charge in [0.1, 0.15) is 78.5 Å². The van der Waals surface area contributed by atoms with Crippen molar-refractivity contribution in [1.29, 1.82) is 0 Å². The third-order valence-corrected chi connectivity index (χ3v) is 19.5. The van der Waals surface area contributed by atoms with Gasteiger partial charge >= 0.3 is 5.97 Å². The van der Waals surface area contributed by atoms with Gasteiger partial charge in [-0.2, -0.15) is 0 Å². The lowest BCUT2D eigenvalue weighted by molar-refractivity contribution is -0.145. The Morgan fingerprint density at radius 2 is 1.12 bits per heavy atom. The van der Waals surface area contributed by atoms with Crippen LogP contribution >= 0.6 is 0 Å². The molecule has 38 nitrogen and oxygen atoms in total. The molecule has 0 bridgehead atoms. The van der Waals surface area contributed by atoms with E-state index >= 15 is 4.79 Å². The molecule has 0 aliphatic carbocycles. The molecule has 0 unspecified atom stereocenters. The summed E-state index contributed by atoms with van der Waals surface area (Å²) < 4.78 is 0. The number of hydrogen-bond acceptors (Lipinski definition) is 19. The molecule has 592 valence electrons. The fourth-order valence-electron chi connectivity index (χ4n) is 13.7. The molecule has 38 heteroatoms. The number of carboxylic acids is 1. The van der Waals surface area contributed by atoms with Crippen LogP contribution in [0, 0.1) is 0 Å². The summed E-state index contributed by atoms with van der Waals surface area (Å²) in [6, 6.07) is -8.78. The van der Waals surface area contributed by atoms with Gasteiger partial charge in [0.15, 0.2) is 11.9 Å². The molecule has 0 saturated carbocycles. The number of aliphatic imine (C=N–C) groups is 2. The van der Waals surface area contributed by atoms with Gasteiger partial charge in [0.05, 0.1) is 12.9 Å². The number of imidazole rings is 1. The number of benzene rings is 1. The Morgan fingerprint density at radius 3 is 1.68 bits per heavy atom. The molecule has 13 atom stereocenters. The molecule has 1 aromatic carbocycles. The number of amides is 13. The minimum atomic E-state index is -1.80. The van der Waals surface area contributed by atoms with Crippen LogP contribution < -0.4 is 81.8 Å². The number of hydrogen-bond donors (Lipinski definition) is 18. The van der Waals surface area contributed by atoms with Crippen LogP contribution in [0.25, 0.3) is 0 Å². The number of carbonyl (C=O) groups is 14. The van der Waals surface area contributed by atoms with Crippen LogP contribution in [0.15, 0.2) is 65.0 Å². The molecule has 5 aliphatic rings. The van der Waals surface area contributed by atoms with Crippen LogP contribution in [-0.4, -0.2) is 254 Å². The summed E-state index contributed by atoms with van der Waals surface area (Å²) in [5.74, 6) is -11.8. The zero-order chi connectivity index (χ0) is 78.4. The minimum absolute atomic E-state index is 0.00371. The Labute approximate surface area is 625 Å². The number of unbranched alkanes of at least 4 members (excludes halogenated alkanes) is 2. The molecular weight excluding hydrogens is 1400 g/mol. The number of carbonyl (C=O) groups excluding carboxylic acids is 13. The van der Waals surface area contributed by atoms with Crippen LogP contribution in [0.2, 0.25) is 0 Å². The Morgan fingerprint density at radius 1 is 0.593 bits per heavy atom. The largest absolute Gasteiger partial charge is 0.480 e. The highest BCUT2D eigenvalue weighted by Crippen LogP contribution is 2.25. The maximum atomic E-state index is 15.3. The standard InChI is InChI=1S/C70H106N22O16/c1-2-3-18-46(65(104)92-34-15-26-54(92)64(103)88-50(68(107)108)35-40-16-5-4-6-17-40)86-63(102)53-25-14-33-91(53)66(105)47-21-8-7-19-42(58(97)89-51(38-93)61(100)87-49(36-41-37-76-39-79-41)60(99)82-43(57(96)84-47)20-9-10-29-71)81-56(95)44(22-11-30-77-69(72)73)83-62(101)52-24-13-32-90(52)67(106)48(23-12-31-78-70(74)75)85-59(98)45-27-28-55(94)80-45/h4-8,16-17,37,39,42-54,93H,2-3,9-15,18-36,38,71H2,1H3,(H,76,79)(H,80,94)(H,81,95)(H,82,99)(H,83,101)(H,84,96)(H,85,98)(H,86,102)(H,87,100)(H,88,103)(H,89,97)(H,107,108)(H4,72,73,77)(H4,74,75,78)/b8-7-/t42-,43-,44-,45-,46-,47-,48-,49-,50-,51-,52-,53-,54-/m0/s1. The first kappa shape index (κ1) is 84.5. The highest BCUT2D eigenvalue weighted by Gasteiger charge is 2.45. The van der Waals surface area contributed by atoms with E-state index in [9.17, 15) is 72.5 Å². The highest BCUT2D eigenvalue weighted by molar-refractivity contribution is 6.01. The third-order valence-electron chi connectivity index (χ3n) is 19.5. The second-order valence-corrected chi connectivity index (χ2v) is 27.5. The number of nitrogens with two attached hydrogens (primary N) is 5. The fraction of sp³-hybridized carbons (Fsp3) is 0.614. The summed E-state index contributed by atoms with van der Waals surface area (Å²) in [6.07, 6.45) is 8.16. The van der Waals surface area contributed by atoms with Gasteiger partial charge in [0, 0.05) is 63.9 Å². The molecule has 1 aromatic heterocycles. The van der Waals surface area contributed by atoms with Crippen LogP contribution in [-0.2, 0) is 80.0 Å². The molecule has 13 amide bonds. The van der Waals surface area contributed by atoms with E-state index in [1.54, 1.807) is 30.3 Å². The van der Waals surface area contributed by atoms with Gasteiger partial charge in [-0.3, -0.25) is 72.3 Å². The van der Waals surface area contributed by atoms with Gasteiger partial charge < -0.3 is 112 Å². The van der Waals surface area contributed by atoms with Gasteiger partial charge in [0.25, 0.3) is 0 Å². The van der Waals surface area contributed by atoms with Gasteiger partial charge in [-0.25, -0.2) is 9.78 Å². The number of aliphatic carboxylic acids is 1. The Hall–Kier alpha value is -10.8. The van der Waals surface area contributed by atoms with Crippen LogP contribution in [0.4, 0.5) is 0 Å². The first-order chi connectivity index (χ1) is 51.8. The number of carboxylic acid groups (broad SMARTS) is 1. The average molecular weight is 1510 g/mol. The number of aliphatic hydroxyl groups is 1. The van der Waals surface area contributed by atoms with Gasteiger partial charge in [-0.15, -0.1) is 0 Å². The van der Waals surface area contributed by atoms with Crippen molar-refractivity contribution in [3.8, 4) is 0 Å². The van der Waals surface area contributed by atoms with Crippen molar-refractivity contribution < 1.29 is 77.3 Å². The summed E-state index contributed by atoms with van der Waals surface area (Å²) in [5.41, 5.74) is 29.2. The topological polar surface area (TPSA) is 593 Å². The fourth-order valence-corrected chi connectivity index (χ4v) is 13.7. The molecule has 0 radical (unpaired) electrons. The lowest BCUT2D eigenvalue weighted by Gasteiger charge is -2.32. The summed E-state index contributed by atoms with van der Waals surface area (Å²) >= 11 is 0. The molecule has 4 saturated heterocycles. The smallest absolute Gasteiger partial charge is 0.326 e. The predicted molar refractivity (Wildman–Crippen MR) is 391 cm³/mol.